The van der Waals surface area contributed by atoms with Crippen LogP contribution in [0, 0.1) is 11.3 Å². The van der Waals surface area contributed by atoms with E-state index in [-0.39, 0.29) is 11.3 Å². The zero-order valence-electron chi connectivity index (χ0n) is 11.0. The van der Waals surface area contributed by atoms with E-state index in [4.69, 9.17) is 0 Å². The van der Waals surface area contributed by atoms with E-state index in [9.17, 15) is 10.4 Å². The summed E-state index contributed by atoms with van der Waals surface area (Å²) in [6.45, 7) is 0. The molecule has 21 heavy (non-hydrogen) atoms. The lowest BCUT2D eigenvalue weighted by molar-refractivity contribution is 0.515. The molecule has 0 atom stereocenters. The molecule has 0 saturated carbocycles. The molecule has 0 aliphatic rings. The smallest absolute Gasteiger partial charge is 0.155 e. The molecule has 0 radical (unpaired) electrons. The fourth-order valence-electron chi connectivity index (χ4n) is 2.14. The zero-order valence-corrected chi connectivity index (χ0v) is 13.4. The van der Waals surface area contributed by atoms with Gasteiger partial charge in [0.05, 0.1) is 19.7 Å². The lowest BCUT2D eigenvalue weighted by Crippen LogP contribution is -1.98. The molecular weight excluding hydrogens is 350 g/mol. The SMILES string of the molecule is Cn1c(/C(C#N)=C(\O)c2ccc(Br)s2)nc2ccccc21. The number of hydrogen-bond donors (Lipinski definition) is 1. The molecule has 0 fully saturated rings. The van der Waals surface area contributed by atoms with Gasteiger partial charge in [-0.2, -0.15) is 5.26 Å². The predicted octanol–water partition coefficient (Wildman–Crippen LogP) is 4.35. The molecule has 2 aromatic heterocycles. The quantitative estimate of drug-likeness (QED) is 0.546. The summed E-state index contributed by atoms with van der Waals surface area (Å²) in [7, 11) is 1.83. The Morgan fingerprint density at radius 3 is 2.71 bits per heavy atom. The third-order valence-corrected chi connectivity index (χ3v) is 4.80. The van der Waals surface area contributed by atoms with E-state index in [1.807, 2.05) is 41.9 Å². The first-order valence-electron chi connectivity index (χ1n) is 6.12. The molecule has 2 heterocycles. The van der Waals surface area contributed by atoms with E-state index in [0.717, 1.165) is 14.8 Å². The van der Waals surface area contributed by atoms with Crippen LogP contribution in [0.1, 0.15) is 10.7 Å². The largest absolute Gasteiger partial charge is 0.505 e. The monoisotopic (exact) mass is 359 g/mol. The van der Waals surface area contributed by atoms with Crippen molar-refractivity contribution in [2.75, 3.05) is 0 Å². The summed E-state index contributed by atoms with van der Waals surface area (Å²) in [4.78, 5) is 5.08. The van der Waals surface area contributed by atoms with E-state index >= 15 is 0 Å². The van der Waals surface area contributed by atoms with E-state index in [1.165, 1.54) is 11.3 Å². The normalized spacial score (nSPS) is 12.2. The Hall–Kier alpha value is -2.10. The summed E-state index contributed by atoms with van der Waals surface area (Å²) in [6.07, 6.45) is 0. The van der Waals surface area contributed by atoms with Crippen LogP contribution in [0.25, 0.3) is 22.4 Å². The Morgan fingerprint density at radius 1 is 1.33 bits per heavy atom. The Morgan fingerprint density at radius 2 is 2.10 bits per heavy atom. The molecule has 0 unspecified atom stereocenters. The molecule has 3 rings (SSSR count). The van der Waals surface area contributed by atoms with Gasteiger partial charge in [-0.3, -0.25) is 0 Å². The minimum atomic E-state index is -0.0494. The summed E-state index contributed by atoms with van der Waals surface area (Å²) in [5.41, 5.74) is 1.88. The molecule has 0 saturated heterocycles. The Kier molecular flexibility index (Phi) is 3.53. The van der Waals surface area contributed by atoms with Crippen molar-refractivity contribution in [3.63, 3.8) is 0 Å². The second-order valence-electron chi connectivity index (χ2n) is 4.42. The molecule has 4 nitrogen and oxygen atoms in total. The number of rotatable bonds is 2. The number of thiophene rings is 1. The van der Waals surface area contributed by atoms with Gasteiger partial charge < -0.3 is 9.67 Å². The molecular formula is C15H10BrN3OS. The Bertz CT molecular complexity index is 901. The summed E-state index contributed by atoms with van der Waals surface area (Å²) in [5, 5.41) is 19.8. The fourth-order valence-corrected chi connectivity index (χ4v) is 3.48. The van der Waals surface area contributed by atoms with Crippen molar-refractivity contribution in [2.45, 2.75) is 0 Å². The molecule has 1 aromatic carbocycles. The molecule has 104 valence electrons. The van der Waals surface area contributed by atoms with E-state index in [1.54, 1.807) is 6.07 Å². The maximum Gasteiger partial charge on any atom is 0.155 e. The van der Waals surface area contributed by atoms with Crippen molar-refractivity contribution < 1.29 is 5.11 Å². The first-order valence-corrected chi connectivity index (χ1v) is 7.73. The van der Waals surface area contributed by atoms with Crippen molar-refractivity contribution in [3.8, 4) is 6.07 Å². The molecule has 0 aliphatic heterocycles. The van der Waals surface area contributed by atoms with Gasteiger partial charge in [0, 0.05) is 7.05 Å². The number of fused-ring (bicyclic) bond motifs is 1. The van der Waals surface area contributed by atoms with Crippen molar-refractivity contribution in [1.29, 1.82) is 5.26 Å². The minimum absolute atomic E-state index is 0.0494. The van der Waals surface area contributed by atoms with Crippen LogP contribution in [-0.4, -0.2) is 14.7 Å². The van der Waals surface area contributed by atoms with Gasteiger partial charge in [0.25, 0.3) is 0 Å². The number of allylic oxidation sites excluding steroid dienone is 1. The van der Waals surface area contributed by atoms with Crippen LogP contribution in [0.2, 0.25) is 0 Å². The van der Waals surface area contributed by atoms with Crippen LogP contribution in [0.15, 0.2) is 40.2 Å². The van der Waals surface area contributed by atoms with E-state index < -0.39 is 0 Å². The first kappa shape index (κ1) is 13.9. The highest BCUT2D eigenvalue weighted by Crippen LogP contribution is 2.31. The molecule has 0 amide bonds. The second-order valence-corrected chi connectivity index (χ2v) is 6.89. The van der Waals surface area contributed by atoms with E-state index in [2.05, 4.69) is 27.0 Å². The Balaban J connectivity index is 2.23. The van der Waals surface area contributed by atoms with Gasteiger partial charge in [0.15, 0.2) is 11.6 Å². The van der Waals surface area contributed by atoms with Crippen molar-refractivity contribution in [1.82, 2.24) is 9.55 Å². The summed E-state index contributed by atoms with van der Waals surface area (Å²) in [6, 6.07) is 13.3. The number of aryl methyl sites for hydroxylation is 1. The number of halogens is 1. The van der Waals surface area contributed by atoms with Crippen LogP contribution < -0.4 is 0 Å². The number of hydrogen-bond acceptors (Lipinski definition) is 4. The number of benzene rings is 1. The summed E-state index contributed by atoms with van der Waals surface area (Å²) >= 11 is 4.72. The summed E-state index contributed by atoms with van der Waals surface area (Å²) < 4.78 is 2.71. The fraction of sp³-hybridized carbons (Fsp3) is 0.0667. The molecule has 1 N–H and O–H groups in total. The number of aliphatic hydroxyl groups excluding tert-OH is 1. The predicted molar refractivity (Wildman–Crippen MR) is 87.8 cm³/mol. The number of nitriles is 1. The van der Waals surface area contributed by atoms with E-state index in [0.29, 0.717) is 10.7 Å². The van der Waals surface area contributed by atoms with Gasteiger partial charge in [-0.05, 0) is 40.2 Å². The first-order chi connectivity index (χ1) is 10.1. The molecule has 0 bridgehead atoms. The Labute approximate surface area is 133 Å². The molecule has 6 heteroatoms. The third kappa shape index (κ3) is 2.35. The van der Waals surface area contributed by atoms with Gasteiger partial charge in [-0.25, -0.2) is 4.98 Å². The van der Waals surface area contributed by atoms with Gasteiger partial charge in [-0.15, -0.1) is 11.3 Å². The topological polar surface area (TPSA) is 61.8 Å². The van der Waals surface area contributed by atoms with Gasteiger partial charge in [0.1, 0.15) is 11.6 Å². The van der Waals surface area contributed by atoms with Gasteiger partial charge >= 0.3 is 0 Å². The zero-order chi connectivity index (χ0) is 15.0. The van der Waals surface area contributed by atoms with Crippen LogP contribution in [0.3, 0.4) is 0 Å². The average Bonchev–Trinajstić information content (AvgIpc) is 3.05. The van der Waals surface area contributed by atoms with Crippen molar-refractivity contribution in [3.05, 3.63) is 50.9 Å². The van der Waals surface area contributed by atoms with Gasteiger partial charge in [-0.1, -0.05) is 12.1 Å². The maximum atomic E-state index is 10.4. The minimum Gasteiger partial charge on any atom is -0.505 e. The number of para-hydroxylation sites is 2. The maximum absolute atomic E-state index is 10.4. The lowest BCUT2D eigenvalue weighted by Gasteiger charge is -2.03. The van der Waals surface area contributed by atoms with Crippen LogP contribution in [-0.2, 0) is 7.05 Å². The summed E-state index contributed by atoms with van der Waals surface area (Å²) in [5.74, 6) is 0.410. The number of aromatic nitrogens is 2. The molecule has 3 aromatic rings. The second kappa shape index (κ2) is 5.35. The third-order valence-electron chi connectivity index (χ3n) is 3.17. The number of imidazole rings is 1. The van der Waals surface area contributed by atoms with Crippen LogP contribution >= 0.6 is 27.3 Å². The highest BCUT2D eigenvalue weighted by Gasteiger charge is 2.18. The van der Waals surface area contributed by atoms with Crippen LogP contribution in [0.5, 0.6) is 0 Å². The van der Waals surface area contributed by atoms with Crippen molar-refractivity contribution in [2.24, 2.45) is 7.05 Å². The molecule has 0 spiro atoms. The van der Waals surface area contributed by atoms with Crippen LogP contribution in [0.4, 0.5) is 0 Å². The average molecular weight is 360 g/mol. The number of aliphatic hydroxyl groups is 1. The highest BCUT2D eigenvalue weighted by molar-refractivity contribution is 9.11. The highest BCUT2D eigenvalue weighted by atomic mass is 79.9. The number of nitrogens with zero attached hydrogens (tertiary/aromatic N) is 3. The standard InChI is InChI=1S/C15H10BrN3OS/c1-19-11-5-3-2-4-10(11)18-15(19)9(8-17)14(20)12-6-7-13(16)21-12/h2-7,20H,1H3/b14-9-. The van der Waals surface area contributed by atoms with Gasteiger partial charge in [0.2, 0.25) is 0 Å². The molecule has 0 aliphatic carbocycles. The lowest BCUT2D eigenvalue weighted by atomic mass is 10.2. The van der Waals surface area contributed by atoms with Crippen molar-refractivity contribution >= 4 is 49.6 Å².